The predicted molar refractivity (Wildman–Crippen MR) is 42.0 cm³/mol. The number of aromatic carboxylic acids is 1. The Morgan fingerprint density at radius 3 is 3.15 bits per heavy atom. The van der Waals surface area contributed by atoms with E-state index in [4.69, 9.17) is 5.11 Å². The zero-order valence-electron chi connectivity index (χ0n) is 6.44. The lowest BCUT2D eigenvalue weighted by molar-refractivity contribution is -0.115. The van der Waals surface area contributed by atoms with Crippen LogP contribution in [0.25, 0.3) is 0 Å². The molecule has 68 valence electrons. The van der Waals surface area contributed by atoms with Crippen molar-refractivity contribution >= 4 is 17.7 Å². The van der Waals surface area contributed by atoms with Gasteiger partial charge < -0.3 is 10.4 Å². The molecule has 0 saturated carbocycles. The molecule has 0 spiro atoms. The van der Waals surface area contributed by atoms with E-state index in [1.807, 2.05) is 0 Å². The second-order valence-corrected chi connectivity index (χ2v) is 2.50. The maximum atomic E-state index is 10.9. The molecule has 13 heavy (non-hydrogen) atoms. The van der Waals surface area contributed by atoms with E-state index in [9.17, 15) is 9.59 Å². The number of carbonyl (C=O) groups is 2. The molecule has 1 aliphatic heterocycles. The number of aromatic nitrogens is 2. The summed E-state index contributed by atoms with van der Waals surface area (Å²) in [5.74, 6) is -1.23. The van der Waals surface area contributed by atoms with Crippen LogP contribution in [0.5, 0.6) is 0 Å². The minimum absolute atomic E-state index is 0.130. The van der Waals surface area contributed by atoms with Crippen LogP contribution in [-0.4, -0.2) is 33.2 Å². The number of imidazole rings is 1. The number of carbonyl (C=O) groups excluding carboxylic acids is 1. The van der Waals surface area contributed by atoms with Crippen molar-refractivity contribution in [1.29, 1.82) is 0 Å². The van der Waals surface area contributed by atoms with Crippen LogP contribution in [0.4, 0.5) is 5.82 Å². The van der Waals surface area contributed by atoms with Gasteiger partial charge in [0.2, 0.25) is 5.82 Å². The van der Waals surface area contributed by atoms with Crippen molar-refractivity contribution in [2.24, 2.45) is 0 Å². The molecule has 0 aliphatic carbocycles. The molecule has 0 unspecified atom stereocenters. The molecule has 7 heteroatoms. The summed E-state index contributed by atoms with van der Waals surface area (Å²) in [7, 11) is 0. The van der Waals surface area contributed by atoms with Gasteiger partial charge >= 0.3 is 5.97 Å². The standard InChI is InChI=1S/C6H6N4O3/c11-4-2-7-3-1-8-5(6(12)13)10(3)9-4/h1,7H,2H2,(H,9,11)(H,12,13). The Kier molecular flexibility index (Phi) is 1.44. The van der Waals surface area contributed by atoms with Crippen LogP contribution in [0.1, 0.15) is 10.6 Å². The number of hydrogen-bond acceptors (Lipinski definition) is 4. The lowest BCUT2D eigenvalue weighted by Gasteiger charge is -2.17. The zero-order valence-corrected chi connectivity index (χ0v) is 6.44. The topological polar surface area (TPSA) is 96.2 Å². The molecule has 0 fully saturated rings. The van der Waals surface area contributed by atoms with Crippen LogP contribution >= 0.6 is 0 Å². The highest BCUT2D eigenvalue weighted by molar-refractivity contribution is 5.92. The third kappa shape index (κ3) is 1.10. The third-order valence-corrected chi connectivity index (χ3v) is 1.62. The van der Waals surface area contributed by atoms with Gasteiger partial charge in [0.05, 0.1) is 12.7 Å². The number of nitrogens with zero attached hydrogens (tertiary/aromatic N) is 2. The number of rotatable bonds is 1. The van der Waals surface area contributed by atoms with Gasteiger partial charge in [-0.15, -0.1) is 0 Å². The normalized spacial score (nSPS) is 14.3. The van der Waals surface area contributed by atoms with Crippen LogP contribution in [0.2, 0.25) is 0 Å². The van der Waals surface area contributed by atoms with Gasteiger partial charge in [-0.1, -0.05) is 0 Å². The number of hydrogen-bond donors (Lipinski definition) is 3. The average molecular weight is 182 g/mol. The zero-order chi connectivity index (χ0) is 9.42. The molecular weight excluding hydrogens is 176 g/mol. The number of anilines is 1. The molecule has 3 N–H and O–H groups in total. The SMILES string of the molecule is O=C1CNc2cnc(C(=O)O)n2N1. The largest absolute Gasteiger partial charge is 0.475 e. The predicted octanol–water partition coefficient (Wildman–Crippen LogP) is -0.923. The first kappa shape index (κ1) is 7.59. The molecule has 0 bridgehead atoms. The van der Waals surface area contributed by atoms with Gasteiger partial charge in [0, 0.05) is 0 Å². The Morgan fingerprint density at radius 2 is 2.46 bits per heavy atom. The summed E-state index contributed by atoms with van der Waals surface area (Å²) in [6.07, 6.45) is 1.35. The van der Waals surface area contributed by atoms with Gasteiger partial charge in [-0.05, 0) is 0 Å². The fourth-order valence-corrected chi connectivity index (χ4v) is 1.08. The average Bonchev–Trinajstić information content (AvgIpc) is 2.46. The molecular formula is C6H6N4O3. The van der Waals surface area contributed by atoms with E-state index < -0.39 is 5.97 Å². The number of carboxylic acids is 1. The van der Waals surface area contributed by atoms with E-state index in [2.05, 4.69) is 15.7 Å². The van der Waals surface area contributed by atoms with Crippen molar-refractivity contribution < 1.29 is 14.7 Å². The molecule has 1 aliphatic rings. The Morgan fingerprint density at radius 1 is 1.69 bits per heavy atom. The van der Waals surface area contributed by atoms with E-state index >= 15 is 0 Å². The highest BCUT2D eigenvalue weighted by Crippen LogP contribution is 2.11. The first-order valence-electron chi connectivity index (χ1n) is 3.53. The molecule has 2 rings (SSSR count). The van der Waals surface area contributed by atoms with Crippen LogP contribution in [0, 0.1) is 0 Å². The van der Waals surface area contributed by atoms with E-state index in [0.29, 0.717) is 5.82 Å². The summed E-state index contributed by atoms with van der Waals surface area (Å²) in [4.78, 5) is 25.1. The summed E-state index contributed by atoms with van der Waals surface area (Å²) >= 11 is 0. The van der Waals surface area contributed by atoms with Gasteiger partial charge in [0.25, 0.3) is 5.91 Å². The molecule has 0 saturated heterocycles. The van der Waals surface area contributed by atoms with Crippen molar-refractivity contribution in [2.45, 2.75) is 0 Å². The van der Waals surface area contributed by atoms with Gasteiger partial charge in [0.15, 0.2) is 0 Å². The highest BCUT2D eigenvalue weighted by atomic mass is 16.4. The highest BCUT2D eigenvalue weighted by Gasteiger charge is 2.21. The van der Waals surface area contributed by atoms with Gasteiger partial charge in [0.1, 0.15) is 5.82 Å². The first-order valence-corrected chi connectivity index (χ1v) is 3.53. The summed E-state index contributed by atoms with van der Waals surface area (Å²) in [6, 6.07) is 0. The minimum atomic E-state index is -1.18. The molecule has 7 nitrogen and oxygen atoms in total. The number of nitrogens with one attached hydrogen (secondary N) is 2. The Hall–Kier alpha value is -2.05. The van der Waals surface area contributed by atoms with Crippen LogP contribution < -0.4 is 10.7 Å². The molecule has 1 amide bonds. The summed E-state index contributed by atoms with van der Waals surface area (Å²) < 4.78 is 1.11. The van der Waals surface area contributed by atoms with Crippen molar-refractivity contribution in [1.82, 2.24) is 9.66 Å². The quantitative estimate of drug-likeness (QED) is 0.521. The summed E-state index contributed by atoms with van der Waals surface area (Å²) in [5, 5.41) is 11.4. The second kappa shape index (κ2) is 2.47. The van der Waals surface area contributed by atoms with E-state index in [1.165, 1.54) is 6.20 Å². The van der Waals surface area contributed by atoms with Crippen molar-refractivity contribution in [3.05, 3.63) is 12.0 Å². The summed E-state index contributed by atoms with van der Waals surface area (Å²) in [6.45, 7) is 0.130. The molecule has 1 aromatic heterocycles. The fraction of sp³-hybridized carbons (Fsp3) is 0.167. The number of amides is 1. The van der Waals surface area contributed by atoms with Gasteiger partial charge in [-0.25, -0.2) is 14.5 Å². The Balaban J connectivity index is 2.46. The van der Waals surface area contributed by atoms with Crippen molar-refractivity contribution in [3.8, 4) is 0 Å². The maximum absolute atomic E-state index is 10.9. The molecule has 0 aromatic carbocycles. The Bertz CT molecular complexity index is 383. The van der Waals surface area contributed by atoms with E-state index in [0.717, 1.165) is 4.68 Å². The molecule has 1 aromatic rings. The first-order chi connectivity index (χ1) is 6.18. The third-order valence-electron chi connectivity index (χ3n) is 1.62. The van der Waals surface area contributed by atoms with Crippen molar-refractivity contribution in [3.63, 3.8) is 0 Å². The van der Waals surface area contributed by atoms with Gasteiger partial charge in [-0.2, -0.15) is 0 Å². The number of fused-ring (bicyclic) bond motifs is 1. The van der Waals surface area contributed by atoms with E-state index in [1.54, 1.807) is 0 Å². The van der Waals surface area contributed by atoms with Gasteiger partial charge in [-0.3, -0.25) is 10.2 Å². The Labute approximate surface area is 72.3 Å². The van der Waals surface area contributed by atoms with E-state index in [-0.39, 0.29) is 18.3 Å². The fourth-order valence-electron chi connectivity index (χ4n) is 1.08. The van der Waals surface area contributed by atoms with Crippen LogP contribution in [0.3, 0.4) is 0 Å². The lowest BCUT2D eigenvalue weighted by atomic mass is 10.5. The molecule has 2 heterocycles. The van der Waals surface area contributed by atoms with Crippen molar-refractivity contribution in [2.75, 3.05) is 17.3 Å². The smallest absolute Gasteiger partial charge is 0.373 e. The summed E-state index contributed by atoms with van der Waals surface area (Å²) in [5.41, 5.74) is 2.36. The number of carboxylic acid groups (broad SMARTS) is 1. The molecule has 0 atom stereocenters. The van der Waals surface area contributed by atoms with Crippen LogP contribution in [0.15, 0.2) is 6.20 Å². The minimum Gasteiger partial charge on any atom is -0.475 e. The second-order valence-electron chi connectivity index (χ2n) is 2.50. The monoisotopic (exact) mass is 182 g/mol. The van der Waals surface area contributed by atoms with Crippen LogP contribution in [-0.2, 0) is 4.79 Å². The maximum Gasteiger partial charge on any atom is 0.373 e. The lowest BCUT2D eigenvalue weighted by Crippen LogP contribution is -2.37. The molecule has 0 radical (unpaired) electrons.